The minimum atomic E-state index is -3.38. The van der Waals surface area contributed by atoms with Gasteiger partial charge in [-0.15, -0.1) is 0 Å². The number of aromatic nitrogens is 2. The molecule has 2 aliphatic heterocycles. The van der Waals surface area contributed by atoms with Gasteiger partial charge in [0, 0.05) is 45.7 Å². The maximum absolute atomic E-state index is 12.6. The van der Waals surface area contributed by atoms with E-state index >= 15 is 0 Å². The van der Waals surface area contributed by atoms with Crippen LogP contribution < -0.4 is 0 Å². The minimum Gasteiger partial charge on any atom is -0.379 e. The third kappa shape index (κ3) is 4.76. The fraction of sp³-hybridized carbons (Fsp3) is 0.867. The van der Waals surface area contributed by atoms with Gasteiger partial charge in [0.25, 0.3) is 10.2 Å². The first-order chi connectivity index (χ1) is 12.1. The molecule has 25 heavy (non-hydrogen) atoms. The van der Waals surface area contributed by atoms with Gasteiger partial charge in [-0.25, -0.2) is 0 Å². The molecule has 9 nitrogen and oxygen atoms in total. The van der Waals surface area contributed by atoms with Crippen LogP contribution in [-0.2, 0) is 27.9 Å². The molecule has 0 bridgehead atoms. The first-order valence-corrected chi connectivity index (χ1v) is 10.4. The van der Waals surface area contributed by atoms with Gasteiger partial charge in [-0.05, 0) is 6.42 Å². The first kappa shape index (κ1) is 18.7. The van der Waals surface area contributed by atoms with Crippen LogP contribution in [0.4, 0.5) is 0 Å². The Morgan fingerprint density at radius 1 is 1.04 bits per heavy atom. The van der Waals surface area contributed by atoms with E-state index in [1.807, 2.05) is 0 Å². The summed E-state index contributed by atoms with van der Waals surface area (Å²) in [4.78, 5) is 6.56. The third-order valence-electron chi connectivity index (χ3n) is 4.58. The number of nitrogens with zero attached hydrogens (tertiary/aromatic N) is 5. The number of aryl methyl sites for hydroxylation is 1. The van der Waals surface area contributed by atoms with E-state index in [1.165, 1.54) is 4.31 Å². The van der Waals surface area contributed by atoms with Crippen molar-refractivity contribution in [3.8, 4) is 0 Å². The predicted octanol–water partition coefficient (Wildman–Crippen LogP) is 0.107. The van der Waals surface area contributed by atoms with Crippen molar-refractivity contribution < 1.29 is 17.7 Å². The molecule has 0 N–H and O–H groups in total. The molecule has 3 rings (SSSR count). The fourth-order valence-corrected chi connectivity index (χ4v) is 4.60. The molecule has 142 valence electrons. The van der Waals surface area contributed by atoms with Crippen molar-refractivity contribution >= 4 is 10.2 Å². The highest BCUT2D eigenvalue weighted by Crippen LogP contribution is 2.15. The molecule has 1 aromatic heterocycles. The lowest BCUT2D eigenvalue weighted by molar-refractivity contribution is 0.0681. The summed E-state index contributed by atoms with van der Waals surface area (Å²) in [5.74, 6) is 1.36. The highest BCUT2D eigenvalue weighted by Gasteiger charge is 2.33. The molecule has 0 unspecified atom stereocenters. The topological polar surface area (TPSA) is 92.0 Å². The molecule has 0 radical (unpaired) electrons. The van der Waals surface area contributed by atoms with Crippen LogP contribution in [-0.4, -0.2) is 84.6 Å². The fourth-order valence-electron chi connectivity index (χ4n) is 3.04. The van der Waals surface area contributed by atoms with E-state index in [0.29, 0.717) is 64.9 Å². The molecule has 2 aliphatic rings. The van der Waals surface area contributed by atoms with Gasteiger partial charge in [-0.2, -0.15) is 22.0 Å². The van der Waals surface area contributed by atoms with Gasteiger partial charge in [-0.3, -0.25) is 4.90 Å². The first-order valence-electron chi connectivity index (χ1n) is 8.96. The highest BCUT2D eigenvalue weighted by atomic mass is 32.2. The zero-order valence-corrected chi connectivity index (χ0v) is 15.6. The van der Waals surface area contributed by atoms with Crippen molar-refractivity contribution in [2.24, 2.45) is 0 Å². The van der Waals surface area contributed by atoms with Crippen LogP contribution in [0.3, 0.4) is 0 Å². The standard InChI is InChI=1S/C15H27N5O4S/c1-2-3-4-14-16-15(24-17-14)13-18-5-7-19(8-6-18)25(21,22)20-9-11-23-12-10-20/h2-13H2,1H3. The average molecular weight is 373 g/mol. The van der Waals surface area contributed by atoms with E-state index in [1.54, 1.807) is 4.31 Å². The molecule has 3 heterocycles. The van der Waals surface area contributed by atoms with E-state index in [-0.39, 0.29) is 0 Å². The molecule has 0 amide bonds. The molecule has 0 aliphatic carbocycles. The smallest absolute Gasteiger partial charge is 0.282 e. The summed E-state index contributed by atoms with van der Waals surface area (Å²) < 4.78 is 38.9. The zero-order chi connectivity index (χ0) is 17.7. The van der Waals surface area contributed by atoms with Crippen molar-refractivity contribution in [1.82, 2.24) is 23.7 Å². The third-order valence-corrected chi connectivity index (χ3v) is 6.61. The Labute approximate surface area is 149 Å². The minimum absolute atomic E-state index is 0.436. The summed E-state index contributed by atoms with van der Waals surface area (Å²) in [6.45, 7) is 6.80. The van der Waals surface area contributed by atoms with Crippen LogP contribution in [0.5, 0.6) is 0 Å². The largest absolute Gasteiger partial charge is 0.379 e. The number of hydrogen-bond acceptors (Lipinski definition) is 7. The number of morpholine rings is 1. The predicted molar refractivity (Wildman–Crippen MR) is 91.1 cm³/mol. The normalized spacial score (nSPS) is 21.6. The Balaban J connectivity index is 1.49. The Morgan fingerprint density at radius 2 is 1.72 bits per heavy atom. The maximum Gasteiger partial charge on any atom is 0.282 e. The quantitative estimate of drug-likeness (QED) is 0.670. The van der Waals surface area contributed by atoms with E-state index in [2.05, 4.69) is 22.0 Å². The highest BCUT2D eigenvalue weighted by molar-refractivity contribution is 7.86. The van der Waals surface area contributed by atoms with Crippen LogP contribution in [0.1, 0.15) is 31.5 Å². The second-order valence-electron chi connectivity index (χ2n) is 6.40. The number of unbranched alkanes of at least 4 members (excludes halogenated alkanes) is 1. The van der Waals surface area contributed by atoms with Crippen LogP contribution in [0.25, 0.3) is 0 Å². The maximum atomic E-state index is 12.6. The number of hydrogen-bond donors (Lipinski definition) is 0. The molecule has 1 aromatic rings. The molecule has 0 spiro atoms. The molecule has 2 saturated heterocycles. The molecule has 0 saturated carbocycles. The van der Waals surface area contributed by atoms with Crippen LogP contribution in [0.15, 0.2) is 4.52 Å². The summed E-state index contributed by atoms with van der Waals surface area (Å²) >= 11 is 0. The Hall–Kier alpha value is -1.07. The van der Waals surface area contributed by atoms with Gasteiger partial charge in [0.1, 0.15) is 0 Å². The van der Waals surface area contributed by atoms with Gasteiger partial charge in [0.05, 0.1) is 19.8 Å². The Bertz CT molecular complexity index is 636. The van der Waals surface area contributed by atoms with Crippen molar-refractivity contribution in [1.29, 1.82) is 0 Å². The van der Waals surface area contributed by atoms with Gasteiger partial charge >= 0.3 is 0 Å². The van der Waals surface area contributed by atoms with Crippen LogP contribution in [0.2, 0.25) is 0 Å². The van der Waals surface area contributed by atoms with E-state index in [9.17, 15) is 8.42 Å². The number of rotatable bonds is 7. The molecular weight excluding hydrogens is 346 g/mol. The Morgan fingerprint density at radius 3 is 2.40 bits per heavy atom. The lowest BCUT2D eigenvalue weighted by atomic mass is 10.2. The molecule has 10 heteroatoms. The van der Waals surface area contributed by atoms with E-state index < -0.39 is 10.2 Å². The Kier molecular flexibility index (Phi) is 6.39. The number of piperazine rings is 1. The molecule has 0 atom stereocenters. The zero-order valence-electron chi connectivity index (χ0n) is 14.8. The molecule has 0 aromatic carbocycles. The molecule has 2 fully saturated rings. The van der Waals surface area contributed by atoms with Gasteiger partial charge in [-0.1, -0.05) is 18.5 Å². The van der Waals surface area contributed by atoms with Crippen LogP contribution in [0, 0.1) is 0 Å². The van der Waals surface area contributed by atoms with Gasteiger partial charge in [0.2, 0.25) is 5.89 Å². The summed E-state index contributed by atoms with van der Waals surface area (Å²) in [7, 11) is -3.38. The summed E-state index contributed by atoms with van der Waals surface area (Å²) in [6.07, 6.45) is 2.99. The second-order valence-corrected chi connectivity index (χ2v) is 8.33. The van der Waals surface area contributed by atoms with Crippen molar-refractivity contribution in [3.05, 3.63) is 11.7 Å². The lowest BCUT2D eigenvalue weighted by Gasteiger charge is -2.37. The lowest BCUT2D eigenvalue weighted by Crippen LogP contribution is -2.54. The van der Waals surface area contributed by atoms with E-state index in [4.69, 9.17) is 9.26 Å². The van der Waals surface area contributed by atoms with Crippen molar-refractivity contribution in [2.75, 3.05) is 52.5 Å². The second kappa shape index (κ2) is 8.54. The average Bonchev–Trinajstić information content (AvgIpc) is 3.08. The van der Waals surface area contributed by atoms with Crippen LogP contribution >= 0.6 is 0 Å². The monoisotopic (exact) mass is 373 g/mol. The summed E-state index contributed by atoms with van der Waals surface area (Å²) in [5.41, 5.74) is 0. The summed E-state index contributed by atoms with van der Waals surface area (Å²) in [6, 6.07) is 0. The van der Waals surface area contributed by atoms with Gasteiger partial charge in [0.15, 0.2) is 5.82 Å². The summed E-state index contributed by atoms with van der Waals surface area (Å²) in [5, 5.41) is 4.00. The SMILES string of the molecule is CCCCc1noc(CN2CCN(S(=O)(=O)N3CCOCC3)CC2)n1. The van der Waals surface area contributed by atoms with E-state index in [0.717, 1.165) is 25.1 Å². The van der Waals surface area contributed by atoms with Gasteiger partial charge < -0.3 is 9.26 Å². The van der Waals surface area contributed by atoms with Crippen molar-refractivity contribution in [3.63, 3.8) is 0 Å². The molecular formula is C15H27N5O4S. The number of ether oxygens (including phenoxy) is 1. The van der Waals surface area contributed by atoms with Crippen molar-refractivity contribution in [2.45, 2.75) is 32.7 Å².